The Kier molecular flexibility index (Phi) is 6.59. The minimum absolute atomic E-state index is 0.0253. The number of unbranched alkanes of at least 4 members (excludes halogenated alkanes) is 1. The molecule has 0 bridgehead atoms. The van der Waals surface area contributed by atoms with E-state index in [1.54, 1.807) is 6.26 Å². The molecule has 1 aromatic heterocycles. The molecule has 0 aliphatic carbocycles. The van der Waals surface area contributed by atoms with Gasteiger partial charge in [-0.15, -0.1) is 0 Å². The minimum Gasteiger partial charge on any atom is -0.468 e. The first-order valence-electron chi connectivity index (χ1n) is 6.79. The van der Waals surface area contributed by atoms with Crippen molar-refractivity contribution in [3.05, 3.63) is 24.2 Å². The molecule has 0 aliphatic heterocycles. The second-order valence-electron chi connectivity index (χ2n) is 4.99. The van der Waals surface area contributed by atoms with E-state index in [4.69, 9.17) is 10.2 Å². The van der Waals surface area contributed by atoms with Crippen molar-refractivity contribution in [2.45, 2.75) is 38.3 Å². The van der Waals surface area contributed by atoms with Crippen LogP contribution in [0.1, 0.15) is 38.0 Å². The Labute approximate surface area is 115 Å². The molecule has 0 fully saturated rings. The normalized spacial score (nSPS) is 14.4. The topological polar surface area (TPSA) is 71.5 Å². The Morgan fingerprint density at radius 3 is 2.79 bits per heavy atom. The van der Waals surface area contributed by atoms with Gasteiger partial charge in [0.2, 0.25) is 5.91 Å². The predicted octanol–water partition coefficient (Wildman–Crippen LogP) is 1.52. The number of carbonyl (C=O) groups is 1. The van der Waals surface area contributed by atoms with Crippen molar-refractivity contribution in [3.63, 3.8) is 0 Å². The summed E-state index contributed by atoms with van der Waals surface area (Å²) in [5.41, 5.74) is 5.84. The number of amides is 1. The lowest BCUT2D eigenvalue weighted by Gasteiger charge is -2.23. The molecule has 1 aromatic rings. The smallest absolute Gasteiger partial charge is 0.236 e. The average molecular weight is 267 g/mol. The molecule has 0 saturated heterocycles. The van der Waals surface area contributed by atoms with Crippen LogP contribution in [0, 0.1) is 0 Å². The molecule has 19 heavy (non-hydrogen) atoms. The van der Waals surface area contributed by atoms with E-state index >= 15 is 0 Å². The molecule has 108 valence electrons. The maximum Gasteiger partial charge on any atom is 0.236 e. The third kappa shape index (κ3) is 5.04. The number of nitrogens with two attached hydrogens (primary N) is 1. The van der Waals surface area contributed by atoms with Gasteiger partial charge in [-0.05, 0) is 32.6 Å². The Morgan fingerprint density at radius 1 is 1.53 bits per heavy atom. The molecular formula is C14H25N3O2. The predicted molar refractivity (Wildman–Crippen MR) is 75.6 cm³/mol. The van der Waals surface area contributed by atoms with E-state index < -0.39 is 6.04 Å². The lowest BCUT2D eigenvalue weighted by Crippen LogP contribution is -2.43. The SMILES string of the molecule is CCCC[C@H](N)C(=O)NCC(c1ccco1)N(C)C. The van der Waals surface area contributed by atoms with Gasteiger partial charge < -0.3 is 15.5 Å². The van der Waals surface area contributed by atoms with E-state index in [1.165, 1.54) is 0 Å². The molecule has 0 aromatic carbocycles. The van der Waals surface area contributed by atoms with E-state index in [1.807, 2.05) is 31.1 Å². The highest BCUT2D eigenvalue weighted by molar-refractivity contribution is 5.81. The fourth-order valence-electron chi connectivity index (χ4n) is 1.90. The van der Waals surface area contributed by atoms with E-state index in [9.17, 15) is 4.79 Å². The van der Waals surface area contributed by atoms with E-state index in [0.717, 1.165) is 25.0 Å². The van der Waals surface area contributed by atoms with Crippen molar-refractivity contribution >= 4 is 5.91 Å². The molecule has 1 amide bonds. The van der Waals surface area contributed by atoms with Crippen molar-refractivity contribution in [3.8, 4) is 0 Å². The molecule has 1 unspecified atom stereocenters. The molecule has 3 N–H and O–H groups in total. The van der Waals surface area contributed by atoms with Gasteiger partial charge in [0.25, 0.3) is 0 Å². The highest BCUT2D eigenvalue weighted by Gasteiger charge is 2.19. The summed E-state index contributed by atoms with van der Waals surface area (Å²) in [7, 11) is 3.91. The Balaban J connectivity index is 2.46. The second kappa shape index (κ2) is 7.96. The zero-order chi connectivity index (χ0) is 14.3. The zero-order valence-corrected chi connectivity index (χ0v) is 12.1. The molecule has 0 saturated carbocycles. The number of nitrogens with zero attached hydrogens (tertiary/aromatic N) is 1. The first kappa shape index (κ1) is 15.7. The number of hydrogen-bond acceptors (Lipinski definition) is 4. The maximum absolute atomic E-state index is 11.9. The number of rotatable bonds is 8. The van der Waals surface area contributed by atoms with Crippen molar-refractivity contribution < 1.29 is 9.21 Å². The molecule has 0 radical (unpaired) electrons. The van der Waals surface area contributed by atoms with Gasteiger partial charge in [0.1, 0.15) is 5.76 Å². The van der Waals surface area contributed by atoms with Gasteiger partial charge in [-0.2, -0.15) is 0 Å². The van der Waals surface area contributed by atoms with Crippen molar-refractivity contribution in [2.75, 3.05) is 20.6 Å². The minimum atomic E-state index is -0.417. The summed E-state index contributed by atoms with van der Waals surface area (Å²) in [5.74, 6) is 0.749. The molecule has 5 heteroatoms. The monoisotopic (exact) mass is 267 g/mol. The maximum atomic E-state index is 11.9. The fourth-order valence-corrected chi connectivity index (χ4v) is 1.90. The van der Waals surface area contributed by atoms with Crippen LogP contribution in [-0.4, -0.2) is 37.5 Å². The number of furan rings is 1. The second-order valence-corrected chi connectivity index (χ2v) is 4.99. The number of hydrogen-bond donors (Lipinski definition) is 2. The molecule has 0 aliphatic rings. The summed E-state index contributed by atoms with van der Waals surface area (Å²) in [6.07, 6.45) is 4.40. The quantitative estimate of drug-likeness (QED) is 0.749. The van der Waals surface area contributed by atoms with E-state index in [0.29, 0.717) is 6.54 Å². The highest BCUT2D eigenvalue weighted by atomic mass is 16.3. The average Bonchev–Trinajstić information content (AvgIpc) is 2.89. The van der Waals surface area contributed by atoms with Gasteiger partial charge in [0.15, 0.2) is 0 Å². The zero-order valence-electron chi connectivity index (χ0n) is 12.1. The number of carbonyl (C=O) groups excluding carboxylic acids is 1. The van der Waals surface area contributed by atoms with Crippen LogP contribution in [0.3, 0.4) is 0 Å². The van der Waals surface area contributed by atoms with Crippen LogP contribution in [0.15, 0.2) is 22.8 Å². The molecule has 5 nitrogen and oxygen atoms in total. The van der Waals surface area contributed by atoms with Crippen LogP contribution in [0.5, 0.6) is 0 Å². The molecule has 2 atom stereocenters. The molecule has 1 rings (SSSR count). The van der Waals surface area contributed by atoms with Gasteiger partial charge in [0.05, 0.1) is 18.3 Å². The summed E-state index contributed by atoms with van der Waals surface area (Å²) in [6, 6.07) is 3.37. The third-order valence-electron chi connectivity index (χ3n) is 3.17. The molecular weight excluding hydrogens is 242 g/mol. The summed E-state index contributed by atoms with van der Waals surface area (Å²) in [5, 5.41) is 2.90. The van der Waals surface area contributed by atoms with Crippen molar-refractivity contribution in [1.82, 2.24) is 10.2 Å². The summed E-state index contributed by atoms with van der Waals surface area (Å²) in [6.45, 7) is 2.59. The summed E-state index contributed by atoms with van der Waals surface area (Å²) >= 11 is 0. The van der Waals surface area contributed by atoms with Crippen LogP contribution in [-0.2, 0) is 4.79 Å². The number of nitrogens with one attached hydrogen (secondary N) is 1. The molecule has 1 heterocycles. The molecule has 0 spiro atoms. The van der Waals surface area contributed by atoms with Gasteiger partial charge >= 0.3 is 0 Å². The van der Waals surface area contributed by atoms with Crippen molar-refractivity contribution in [1.29, 1.82) is 0 Å². The summed E-state index contributed by atoms with van der Waals surface area (Å²) < 4.78 is 5.39. The van der Waals surface area contributed by atoms with Crippen LogP contribution in [0.25, 0.3) is 0 Å². The first-order valence-corrected chi connectivity index (χ1v) is 6.79. The number of likely N-dealkylation sites (N-methyl/N-ethyl adjacent to an activating group) is 1. The fraction of sp³-hybridized carbons (Fsp3) is 0.643. The lowest BCUT2D eigenvalue weighted by atomic mass is 10.1. The Hall–Kier alpha value is -1.33. The Bertz CT molecular complexity index is 363. The van der Waals surface area contributed by atoms with Gasteiger partial charge in [-0.1, -0.05) is 19.8 Å². The van der Waals surface area contributed by atoms with E-state index in [2.05, 4.69) is 12.2 Å². The van der Waals surface area contributed by atoms with Crippen LogP contribution in [0.4, 0.5) is 0 Å². The van der Waals surface area contributed by atoms with Crippen molar-refractivity contribution in [2.24, 2.45) is 5.73 Å². The van der Waals surface area contributed by atoms with Crippen LogP contribution < -0.4 is 11.1 Å². The van der Waals surface area contributed by atoms with Crippen LogP contribution >= 0.6 is 0 Å². The highest BCUT2D eigenvalue weighted by Crippen LogP contribution is 2.17. The van der Waals surface area contributed by atoms with Gasteiger partial charge in [-0.3, -0.25) is 9.69 Å². The lowest BCUT2D eigenvalue weighted by molar-refractivity contribution is -0.122. The first-order chi connectivity index (χ1) is 9.06. The van der Waals surface area contributed by atoms with Crippen LogP contribution in [0.2, 0.25) is 0 Å². The Morgan fingerprint density at radius 2 is 2.26 bits per heavy atom. The van der Waals surface area contributed by atoms with Gasteiger partial charge in [0, 0.05) is 6.54 Å². The van der Waals surface area contributed by atoms with E-state index in [-0.39, 0.29) is 11.9 Å². The largest absolute Gasteiger partial charge is 0.468 e. The standard InChI is InChI=1S/C14H25N3O2/c1-4-5-7-11(15)14(18)16-10-12(17(2)3)13-8-6-9-19-13/h6,8-9,11-12H,4-5,7,10,15H2,1-3H3,(H,16,18)/t11-,12?/m0/s1. The summed E-state index contributed by atoms with van der Waals surface area (Å²) in [4.78, 5) is 13.9. The third-order valence-corrected chi connectivity index (χ3v) is 3.17. The van der Waals surface area contributed by atoms with Gasteiger partial charge in [-0.25, -0.2) is 0 Å².